The largest absolute Gasteiger partial charge is 0.497 e. The summed E-state index contributed by atoms with van der Waals surface area (Å²) in [6, 6.07) is 10.1. The van der Waals surface area contributed by atoms with Crippen LogP contribution in [0.4, 0.5) is 0 Å². The zero-order valence-electron chi connectivity index (χ0n) is 10.7. The Kier molecular flexibility index (Phi) is 5.28. The van der Waals surface area contributed by atoms with Gasteiger partial charge in [0, 0.05) is 9.90 Å². The summed E-state index contributed by atoms with van der Waals surface area (Å²) in [5.41, 5.74) is 1.07. The van der Waals surface area contributed by atoms with Crippen LogP contribution in [-0.2, 0) is 0 Å². The highest BCUT2D eigenvalue weighted by Gasteiger charge is 2.18. The molecule has 1 aromatic carbocycles. The number of hydrogen-bond donors (Lipinski definition) is 1. The van der Waals surface area contributed by atoms with Gasteiger partial charge in [-0.1, -0.05) is 24.6 Å². The average molecular weight is 361 g/mol. The lowest BCUT2D eigenvalue weighted by atomic mass is 10.0. The van der Waals surface area contributed by atoms with E-state index in [-0.39, 0.29) is 6.04 Å². The number of ether oxygens (including phenoxy) is 1. The minimum absolute atomic E-state index is 0.111. The Balaban J connectivity index is 2.39. The zero-order chi connectivity index (χ0) is 13.8. The lowest BCUT2D eigenvalue weighted by molar-refractivity contribution is 0.414. The third kappa shape index (κ3) is 3.51. The molecule has 0 aliphatic rings. The predicted octanol–water partition coefficient (Wildman–Crippen LogP) is 4.87. The monoisotopic (exact) mass is 359 g/mol. The van der Waals surface area contributed by atoms with Gasteiger partial charge in [-0.15, -0.1) is 11.3 Å². The molecule has 0 spiro atoms. The van der Waals surface area contributed by atoms with Crippen molar-refractivity contribution in [3.63, 3.8) is 0 Å². The molecule has 0 saturated heterocycles. The molecule has 1 N–H and O–H groups in total. The first kappa shape index (κ1) is 14.9. The van der Waals surface area contributed by atoms with Crippen LogP contribution in [-0.4, -0.2) is 13.7 Å². The number of nitrogens with one attached hydrogen (secondary N) is 1. The Morgan fingerprint density at radius 2 is 2.16 bits per heavy atom. The smallest absolute Gasteiger partial charge is 0.120 e. The number of methoxy groups -OCH3 is 1. The molecular formula is C14H15BrClNOS. The van der Waals surface area contributed by atoms with Crippen molar-refractivity contribution in [1.82, 2.24) is 5.32 Å². The van der Waals surface area contributed by atoms with Gasteiger partial charge in [0.1, 0.15) is 5.75 Å². The van der Waals surface area contributed by atoms with Crippen molar-refractivity contribution in [2.24, 2.45) is 0 Å². The van der Waals surface area contributed by atoms with Gasteiger partial charge in [0.15, 0.2) is 0 Å². The Labute approximate surface area is 130 Å². The molecule has 2 nitrogen and oxygen atoms in total. The number of hydrogen-bond acceptors (Lipinski definition) is 3. The van der Waals surface area contributed by atoms with E-state index in [9.17, 15) is 0 Å². The van der Waals surface area contributed by atoms with Crippen molar-refractivity contribution < 1.29 is 4.74 Å². The maximum Gasteiger partial charge on any atom is 0.120 e. The van der Waals surface area contributed by atoms with Gasteiger partial charge < -0.3 is 10.1 Å². The fraction of sp³-hybridized carbons (Fsp3) is 0.286. The molecule has 102 valence electrons. The average Bonchev–Trinajstić information content (AvgIpc) is 2.83. The maximum absolute atomic E-state index is 6.37. The number of halogens is 2. The van der Waals surface area contributed by atoms with Gasteiger partial charge in [0.2, 0.25) is 0 Å². The predicted molar refractivity (Wildman–Crippen MR) is 85.5 cm³/mol. The lowest BCUT2D eigenvalue weighted by Crippen LogP contribution is -2.21. The molecule has 1 unspecified atom stereocenters. The first-order valence-electron chi connectivity index (χ1n) is 5.97. The van der Waals surface area contributed by atoms with Crippen molar-refractivity contribution in [3.05, 3.63) is 49.6 Å². The van der Waals surface area contributed by atoms with Crippen LogP contribution in [0.2, 0.25) is 5.02 Å². The molecule has 2 aromatic rings. The lowest BCUT2D eigenvalue weighted by Gasteiger charge is -2.18. The molecule has 1 heterocycles. The maximum atomic E-state index is 6.37. The van der Waals surface area contributed by atoms with Crippen LogP contribution in [0.3, 0.4) is 0 Å². The molecule has 19 heavy (non-hydrogen) atoms. The van der Waals surface area contributed by atoms with E-state index in [1.54, 1.807) is 18.4 Å². The van der Waals surface area contributed by atoms with Gasteiger partial charge in [0.05, 0.1) is 16.9 Å². The Bertz CT molecular complexity index is 558. The number of rotatable bonds is 5. The summed E-state index contributed by atoms with van der Waals surface area (Å²) < 4.78 is 6.31. The minimum atomic E-state index is 0.111. The van der Waals surface area contributed by atoms with Crippen molar-refractivity contribution in [3.8, 4) is 5.75 Å². The normalized spacial score (nSPS) is 12.4. The molecule has 1 atom stereocenters. The molecular weight excluding hydrogens is 346 g/mol. The van der Waals surface area contributed by atoms with Crippen molar-refractivity contribution in [2.75, 3.05) is 13.7 Å². The van der Waals surface area contributed by atoms with Crippen LogP contribution in [0.1, 0.15) is 23.4 Å². The quantitative estimate of drug-likeness (QED) is 0.821. The van der Waals surface area contributed by atoms with Gasteiger partial charge in [-0.2, -0.15) is 0 Å². The minimum Gasteiger partial charge on any atom is -0.497 e. The molecule has 0 bridgehead atoms. The second-order valence-corrected chi connectivity index (χ2v) is 6.92. The molecule has 0 radical (unpaired) electrons. The standard InChI is InChI=1S/C14H15BrClNOS/c1-3-17-14(12-6-7-13(15)19-12)10-5-4-9(18-2)8-11(10)16/h4-8,14,17H,3H2,1-2H3. The van der Waals surface area contributed by atoms with Gasteiger partial charge in [-0.3, -0.25) is 0 Å². The molecule has 5 heteroatoms. The Morgan fingerprint density at radius 3 is 2.68 bits per heavy atom. The van der Waals surface area contributed by atoms with Crippen molar-refractivity contribution >= 4 is 38.9 Å². The summed E-state index contributed by atoms with van der Waals surface area (Å²) in [4.78, 5) is 1.24. The van der Waals surface area contributed by atoms with Gasteiger partial charge >= 0.3 is 0 Å². The third-order valence-electron chi connectivity index (χ3n) is 2.81. The zero-order valence-corrected chi connectivity index (χ0v) is 13.9. The van der Waals surface area contributed by atoms with Crippen molar-refractivity contribution in [1.29, 1.82) is 0 Å². The summed E-state index contributed by atoms with van der Waals surface area (Å²) in [5.74, 6) is 0.774. The van der Waals surface area contributed by atoms with E-state index in [0.717, 1.165) is 26.7 Å². The molecule has 0 fully saturated rings. The fourth-order valence-electron chi connectivity index (χ4n) is 1.92. The molecule has 0 saturated carbocycles. The Morgan fingerprint density at radius 1 is 1.37 bits per heavy atom. The third-order valence-corrected chi connectivity index (χ3v) is 4.82. The Hall–Kier alpha value is -0.550. The summed E-state index contributed by atoms with van der Waals surface area (Å²) in [6.07, 6.45) is 0. The summed E-state index contributed by atoms with van der Waals surface area (Å²) in [7, 11) is 1.64. The fourth-order valence-corrected chi connectivity index (χ4v) is 3.72. The van der Waals surface area contributed by atoms with Gasteiger partial charge in [0.25, 0.3) is 0 Å². The van der Waals surface area contributed by atoms with E-state index >= 15 is 0 Å². The molecule has 2 rings (SSSR count). The van der Waals surface area contributed by atoms with Crippen molar-refractivity contribution in [2.45, 2.75) is 13.0 Å². The molecule has 0 aliphatic carbocycles. The first-order valence-corrected chi connectivity index (χ1v) is 7.96. The highest BCUT2D eigenvalue weighted by molar-refractivity contribution is 9.11. The summed E-state index contributed by atoms with van der Waals surface area (Å²) in [5, 5.41) is 4.19. The highest BCUT2D eigenvalue weighted by Crippen LogP contribution is 2.35. The van der Waals surface area contributed by atoms with Crippen LogP contribution < -0.4 is 10.1 Å². The van der Waals surface area contributed by atoms with E-state index in [2.05, 4.69) is 40.3 Å². The highest BCUT2D eigenvalue weighted by atomic mass is 79.9. The van der Waals surface area contributed by atoms with E-state index in [4.69, 9.17) is 16.3 Å². The van der Waals surface area contributed by atoms with Gasteiger partial charge in [-0.05, 0) is 52.3 Å². The molecule has 0 amide bonds. The SMILES string of the molecule is CCNC(c1ccc(Br)s1)c1ccc(OC)cc1Cl. The number of benzene rings is 1. The molecule has 0 aliphatic heterocycles. The molecule has 1 aromatic heterocycles. The van der Waals surface area contributed by atoms with Crippen LogP contribution in [0.5, 0.6) is 5.75 Å². The van der Waals surface area contributed by atoms with E-state index < -0.39 is 0 Å². The summed E-state index contributed by atoms with van der Waals surface area (Å²) >= 11 is 11.6. The van der Waals surface area contributed by atoms with Crippen LogP contribution in [0.15, 0.2) is 34.1 Å². The first-order chi connectivity index (χ1) is 9.15. The second kappa shape index (κ2) is 6.75. The van der Waals surface area contributed by atoms with Crippen LogP contribution >= 0.6 is 38.9 Å². The summed E-state index contributed by atoms with van der Waals surface area (Å²) in [6.45, 7) is 2.97. The van der Waals surface area contributed by atoms with Gasteiger partial charge in [-0.25, -0.2) is 0 Å². The van der Waals surface area contributed by atoms with Crippen LogP contribution in [0, 0.1) is 0 Å². The topological polar surface area (TPSA) is 21.3 Å². The van der Waals surface area contributed by atoms with E-state index in [0.29, 0.717) is 0 Å². The van der Waals surface area contributed by atoms with Crippen LogP contribution in [0.25, 0.3) is 0 Å². The van der Waals surface area contributed by atoms with E-state index in [1.807, 2.05) is 18.2 Å². The second-order valence-electron chi connectivity index (χ2n) is 4.02. The van der Waals surface area contributed by atoms with E-state index in [1.165, 1.54) is 4.88 Å². The number of thiophene rings is 1.